The predicted octanol–water partition coefficient (Wildman–Crippen LogP) is 0.370. The van der Waals surface area contributed by atoms with Gasteiger partial charge >= 0.3 is 6.03 Å². The Balaban J connectivity index is 2.57. The molecule has 0 aliphatic carbocycles. The Labute approximate surface area is 79.3 Å². The number of rotatable bonds is 1. The average molecular weight is 185 g/mol. The Morgan fingerprint density at radius 3 is 2.54 bits per heavy atom. The minimum atomic E-state index is -0.346. The van der Waals surface area contributed by atoms with Gasteiger partial charge in [-0.1, -0.05) is 13.8 Å². The van der Waals surface area contributed by atoms with Crippen LogP contribution in [-0.2, 0) is 0 Å². The lowest BCUT2D eigenvalue weighted by Gasteiger charge is -2.37. The third kappa shape index (κ3) is 2.59. The Morgan fingerprint density at radius 2 is 2.08 bits per heavy atom. The van der Waals surface area contributed by atoms with Crippen LogP contribution in [0.25, 0.3) is 0 Å². The summed E-state index contributed by atoms with van der Waals surface area (Å²) in [6.45, 7) is 5.68. The number of hydrogen-bond acceptors (Lipinski definition) is 2. The Hall–Kier alpha value is -0.770. The van der Waals surface area contributed by atoms with Gasteiger partial charge in [0.05, 0.1) is 0 Å². The standard InChI is InChI=1S/C9H19N3O/c1-6(2)7-3-8(10)5-12(4-7)9(11)13/h6-8H,3-5,10H2,1-2H3,(H2,11,13). The summed E-state index contributed by atoms with van der Waals surface area (Å²) in [5.41, 5.74) is 11.1. The molecule has 1 rings (SSSR count). The Morgan fingerprint density at radius 1 is 1.46 bits per heavy atom. The summed E-state index contributed by atoms with van der Waals surface area (Å²) < 4.78 is 0. The van der Waals surface area contributed by atoms with Gasteiger partial charge in [0.1, 0.15) is 0 Å². The van der Waals surface area contributed by atoms with Crippen molar-refractivity contribution < 1.29 is 4.79 Å². The van der Waals surface area contributed by atoms with E-state index in [0.29, 0.717) is 18.4 Å². The van der Waals surface area contributed by atoms with Gasteiger partial charge in [0.15, 0.2) is 0 Å². The fraction of sp³-hybridized carbons (Fsp3) is 0.889. The zero-order valence-corrected chi connectivity index (χ0v) is 8.36. The molecule has 0 aromatic rings. The van der Waals surface area contributed by atoms with Gasteiger partial charge in [-0.25, -0.2) is 4.79 Å². The second-order valence-corrected chi connectivity index (χ2v) is 4.24. The van der Waals surface area contributed by atoms with Crippen molar-refractivity contribution in [2.24, 2.45) is 23.3 Å². The highest BCUT2D eigenvalue weighted by molar-refractivity contribution is 5.72. The normalized spacial score (nSPS) is 29.4. The Bertz CT molecular complexity index is 193. The molecule has 0 saturated carbocycles. The lowest BCUT2D eigenvalue weighted by molar-refractivity contribution is 0.144. The van der Waals surface area contributed by atoms with Crippen molar-refractivity contribution >= 4 is 6.03 Å². The molecule has 0 aromatic carbocycles. The van der Waals surface area contributed by atoms with Crippen LogP contribution in [0.5, 0.6) is 0 Å². The highest BCUT2D eigenvalue weighted by Crippen LogP contribution is 2.22. The monoisotopic (exact) mass is 185 g/mol. The molecule has 0 bridgehead atoms. The highest BCUT2D eigenvalue weighted by Gasteiger charge is 2.28. The lowest BCUT2D eigenvalue weighted by atomic mass is 9.86. The molecule has 0 spiro atoms. The molecule has 1 heterocycles. The third-order valence-electron chi connectivity index (χ3n) is 2.77. The van der Waals surface area contributed by atoms with Crippen molar-refractivity contribution in [3.05, 3.63) is 0 Å². The second-order valence-electron chi connectivity index (χ2n) is 4.24. The molecule has 1 aliphatic heterocycles. The summed E-state index contributed by atoms with van der Waals surface area (Å²) in [7, 11) is 0. The van der Waals surface area contributed by atoms with Crippen molar-refractivity contribution in [3.63, 3.8) is 0 Å². The molecule has 1 aliphatic rings. The first kappa shape index (κ1) is 10.3. The van der Waals surface area contributed by atoms with Crippen LogP contribution in [0.2, 0.25) is 0 Å². The number of nitrogens with zero attached hydrogens (tertiary/aromatic N) is 1. The maximum atomic E-state index is 11.0. The van der Waals surface area contributed by atoms with E-state index in [1.54, 1.807) is 4.90 Å². The van der Waals surface area contributed by atoms with Gasteiger partial charge in [-0.2, -0.15) is 0 Å². The van der Waals surface area contributed by atoms with Crippen molar-refractivity contribution in [2.75, 3.05) is 13.1 Å². The molecule has 4 N–H and O–H groups in total. The van der Waals surface area contributed by atoms with E-state index in [0.717, 1.165) is 13.0 Å². The molecular formula is C9H19N3O. The van der Waals surface area contributed by atoms with Crippen LogP contribution in [-0.4, -0.2) is 30.1 Å². The number of piperidine rings is 1. The van der Waals surface area contributed by atoms with E-state index in [4.69, 9.17) is 11.5 Å². The van der Waals surface area contributed by atoms with Crippen molar-refractivity contribution in [3.8, 4) is 0 Å². The van der Waals surface area contributed by atoms with Crippen molar-refractivity contribution in [2.45, 2.75) is 26.3 Å². The number of carbonyl (C=O) groups is 1. The molecule has 13 heavy (non-hydrogen) atoms. The maximum absolute atomic E-state index is 11.0. The molecule has 4 heteroatoms. The summed E-state index contributed by atoms with van der Waals surface area (Å²) in [6.07, 6.45) is 1.00. The first-order chi connectivity index (χ1) is 6.00. The molecular weight excluding hydrogens is 166 g/mol. The number of urea groups is 1. The summed E-state index contributed by atoms with van der Waals surface area (Å²) in [5, 5.41) is 0. The molecule has 1 fully saturated rings. The predicted molar refractivity (Wildman–Crippen MR) is 52.1 cm³/mol. The van der Waals surface area contributed by atoms with E-state index >= 15 is 0 Å². The molecule has 0 radical (unpaired) electrons. The smallest absolute Gasteiger partial charge is 0.314 e. The number of nitrogens with two attached hydrogens (primary N) is 2. The van der Waals surface area contributed by atoms with Gasteiger partial charge in [0.2, 0.25) is 0 Å². The summed E-state index contributed by atoms with van der Waals surface area (Å²) in [4.78, 5) is 12.6. The molecule has 76 valence electrons. The van der Waals surface area contributed by atoms with E-state index in [1.807, 2.05) is 0 Å². The van der Waals surface area contributed by atoms with Crippen LogP contribution in [0.3, 0.4) is 0 Å². The quantitative estimate of drug-likeness (QED) is 0.619. The van der Waals surface area contributed by atoms with E-state index in [2.05, 4.69) is 13.8 Å². The Kier molecular flexibility index (Phi) is 3.14. The number of primary amides is 1. The van der Waals surface area contributed by atoms with Gasteiger partial charge in [-0.15, -0.1) is 0 Å². The van der Waals surface area contributed by atoms with E-state index in [9.17, 15) is 4.79 Å². The topological polar surface area (TPSA) is 72.3 Å². The number of hydrogen-bond donors (Lipinski definition) is 2. The second kappa shape index (κ2) is 3.96. The molecule has 2 amide bonds. The van der Waals surface area contributed by atoms with Gasteiger partial charge in [-0.05, 0) is 18.3 Å². The summed E-state index contributed by atoms with van der Waals surface area (Å²) >= 11 is 0. The van der Waals surface area contributed by atoms with Crippen LogP contribution >= 0.6 is 0 Å². The van der Waals surface area contributed by atoms with Crippen LogP contribution in [0.4, 0.5) is 4.79 Å². The lowest BCUT2D eigenvalue weighted by Crippen LogP contribution is -2.52. The van der Waals surface area contributed by atoms with Gasteiger partial charge in [-0.3, -0.25) is 0 Å². The SMILES string of the molecule is CC(C)C1CC(N)CN(C(N)=O)C1. The van der Waals surface area contributed by atoms with E-state index < -0.39 is 0 Å². The van der Waals surface area contributed by atoms with Crippen molar-refractivity contribution in [1.82, 2.24) is 4.90 Å². The zero-order chi connectivity index (χ0) is 10.0. The van der Waals surface area contributed by atoms with Crippen LogP contribution < -0.4 is 11.5 Å². The zero-order valence-electron chi connectivity index (χ0n) is 8.36. The third-order valence-corrected chi connectivity index (χ3v) is 2.77. The minimum Gasteiger partial charge on any atom is -0.351 e. The molecule has 0 aromatic heterocycles. The molecule has 4 nitrogen and oxygen atoms in total. The first-order valence-electron chi connectivity index (χ1n) is 4.80. The number of amides is 2. The minimum absolute atomic E-state index is 0.0913. The van der Waals surface area contributed by atoms with E-state index in [1.165, 1.54) is 0 Å². The highest BCUT2D eigenvalue weighted by atomic mass is 16.2. The summed E-state index contributed by atoms with van der Waals surface area (Å²) in [6, 6.07) is -0.255. The van der Waals surface area contributed by atoms with Crippen molar-refractivity contribution in [1.29, 1.82) is 0 Å². The van der Waals surface area contributed by atoms with Crippen LogP contribution in [0.15, 0.2) is 0 Å². The molecule has 2 atom stereocenters. The van der Waals surface area contributed by atoms with Gasteiger partial charge in [0, 0.05) is 19.1 Å². The summed E-state index contributed by atoms with van der Waals surface area (Å²) in [5.74, 6) is 1.06. The fourth-order valence-corrected chi connectivity index (χ4v) is 1.84. The number of likely N-dealkylation sites (tertiary alicyclic amines) is 1. The number of carbonyl (C=O) groups excluding carboxylic acids is 1. The van der Waals surface area contributed by atoms with Crippen LogP contribution in [0, 0.1) is 11.8 Å². The first-order valence-corrected chi connectivity index (χ1v) is 4.80. The maximum Gasteiger partial charge on any atom is 0.314 e. The van der Waals surface area contributed by atoms with E-state index in [-0.39, 0.29) is 12.1 Å². The largest absolute Gasteiger partial charge is 0.351 e. The van der Waals surface area contributed by atoms with Crippen LogP contribution in [0.1, 0.15) is 20.3 Å². The average Bonchev–Trinajstić information content (AvgIpc) is 2.03. The molecule has 1 saturated heterocycles. The fourth-order valence-electron chi connectivity index (χ4n) is 1.84. The molecule has 2 unspecified atom stereocenters. The van der Waals surface area contributed by atoms with Gasteiger partial charge < -0.3 is 16.4 Å². The van der Waals surface area contributed by atoms with Gasteiger partial charge in [0.25, 0.3) is 0 Å².